The fraction of sp³-hybridized carbons (Fsp3) is 0.167. The van der Waals surface area contributed by atoms with Crippen LogP contribution < -0.4 is 9.64 Å². The van der Waals surface area contributed by atoms with Gasteiger partial charge in [-0.25, -0.2) is 0 Å². The molecule has 1 aliphatic heterocycles. The van der Waals surface area contributed by atoms with Gasteiger partial charge in [0.1, 0.15) is 11.5 Å². The molecule has 2 aromatic carbocycles. The number of terminal acetylenes is 1. The van der Waals surface area contributed by atoms with Gasteiger partial charge in [-0.05, 0) is 36.4 Å². The summed E-state index contributed by atoms with van der Waals surface area (Å²) < 4.78 is 5.73. The van der Waals surface area contributed by atoms with Gasteiger partial charge >= 0.3 is 0 Å². The Balaban J connectivity index is 1.73. The number of hydrogen-bond donors (Lipinski definition) is 0. The van der Waals surface area contributed by atoms with Crippen LogP contribution in [0.5, 0.6) is 11.5 Å². The van der Waals surface area contributed by atoms with E-state index in [0.717, 1.165) is 17.2 Å². The van der Waals surface area contributed by atoms with E-state index in [1.807, 2.05) is 54.6 Å². The predicted molar refractivity (Wildman–Crippen MR) is 82.3 cm³/mol. The molecule has 3 rings (SSSR count). The number of ether oxygens (including phenoxy) is 1. The summed E-state index contributed by atoms with van der Waals surface area (Å²) in [6.45, 7) is 0.591. The third-order valence-electron chi connectivity index (χ3n) is 3.49. The second-order valence-electron chi connectivity index (χ2n) is 4.98. The molecule has 0 spiro atoms. The Morgan fingerprint density at radius 3 is 2.33 bits per heavy atom. The van der Waals surface area contributed by atoms with Crippen LogP contribution in [-0.4, -0.2) is 12.5 Å². The third-order valence-corrected chi connectivity index (χ3v) is 3.49. The predicted octanol–water partition coefficient (Wildman–Crippen LogP) is 3.47. The fourth-order valence-corrected chi connectivity index (χ4v) is 2.39. The van der Waals surface area contributed by atoms with E-state index >= 15 is 0 Å². The van der Waals surface area contributed by atoms with E-state index in [1.54, 1.807) is 4.90 Å². The average Bonchev–Trinajstić information content (AvgIpc) is 2.90. The van der Waals surface area contributed by atoms with Crippen LogP contribution in [0.1, 0.15) is 6.42 Å². The average molecular weight is 277 g/mol. The zero-order chi connectivity index (χ0) is 14.7. The fourth-order valence-electron chi connectivity index (χ4n) is 2.39. The first-order valence-electron chi connectivity index (χ1n) is 6.86. The van der Waals surface area contributed by atoms with Crippen molar-refractivity contribution < 1.29 is 9.53 Å². The molecular formula is C18H15NO2. The lowest BCUT2D eigenvalue weighted by Gasteiger charge is -2.16. The molecule has 1 heterocycles. The molecule has 0 aliphatic carbocycles. The van der Waals surface area contributed by atoms with Crippen molar-refractivity contribution in [3.63, 3.8) is 0 Å². The molecule has 0 radical (unpaired) electrons. The van der Waals surface area contributed by atoms with E-state index in [1.165, 1.54) is 0 Å². The highest BCUT2D eigenvalue weighted by molar-refractivity contribution is 5.96. The van der Waals surface area contributed by atoms with Crippen molar-refractivity contribution in [2.45, 2.75) is 6.42 Å². The number of nitrogens with zero attached hydrogens (tertiary/aromatic N) is 1. The summed E-state index contributed by atoms with van der Waals surface area (Å²) >= 11 is 0. The summed E-state index contributed by atoms with van der Waals surface area (Å²) in [6.07, 6.45) is 5.83. The van der Waals surface area contributed by atoms with Gasteiger partial charge in [-0.3, -0.25) is 4.79 Å². The van der Waals surface area contributed by atoms with Gasteiger partial charge in [0.15, 0.2) is 0 Å². The third kappa shape index (κ3) is 2.90. The van der Waals surface area contributed by atoms with Crippen LogP contribution >= 0.6 is 0 Å². The Kier molecular flexibility index (Phi) is 3.61. The highest BCUT2D eigenvalue weighted by Gasteiger charge is 2.29. The number of rotatable bonds is 3. The molecule has 0 N–H and O–H groups in total. The van der Waals surface area contributed by atoms with Crippen molar-refractivity contribution in [3.8, 4) is 23.8 Å². The number of carbonyl (C=O) groups excluding carboxylic acids is 1. The highest BCUT2D eigenvalue weighted by Crippen LogP contribution is 2.28. The maximum absolute atomic E-state index is 11.9. The highest BCUT2D eigenvalue weighted by atomic mass is 16.5. The number of anilines is 1. The van der Waals surface area contributed by atoms with E-state index in [2.05, 4.69) is 5.92 Å². The molecule has 2 aromatic rings. The largest absolute Gasteiger partial charge is 0.457 e. The molecule has 0 saturated carbocycles. The maximum Gasteiger partial charge on any atom is 0.228 e. The zero-order valence-corrected chi connectivity index (χ0v) is 11.5. The molecule has 1 fully saturated rings. The van der Waals surface area contributed by atoms with E-state index < -0.39 is 0 Å². The van der Waals surface area contributed by atoms with Gasteiger partial charge < -0.3 is 9.64 Å². The van der Waals surface area contributed by atoms with Crippen LogP contribution in [0.25, 0.3) is 0 Å². The summed E-state index contributed by atoms with van der Waals surface area (Å²) in [6, 6.07) is 17.1. The molecule has 1 amide bonds. The molecule has 0 bridgehead atoms. The smallest absolute Gasteiger partial charge is 0.228 e. The van der Waals surface area contributed by atoms with Crippen LogP contribution in [0, 0.1) is 18.3 Å². The van der Waals surface area contributed by atoms with Crippen molar-refractivity contribution in [1.29, 1.82) is 0 Å². The Hall–Kier alpha value is -2.73. The second-order valence-corrected chi connectivity index (χ2v) is 4.98. The lowest BCUT2D eigenvalue weighted by molar-refractivity contribution is -0.117. The maximum atomic E-state index is 11.9. The van der Waals surface area contributed by atoms with Gasteiger partial charge in [0.25, 0.3) is 0 Å². The molecule has 21 heavy (non-hydrogen) atoms. The molecule has 1 aliphatic rings. The van der Waals surface area contributed by atoms with E-state index in [-0.39, 0.29) is 11.8 Å². The number of carbonyl (C=O) groups is 1. The first-order valence-corrected chi connectivity index (χ1v) is 6.86. The number of amides is 1. The second kappa shape index (κ2) is 5.72. The van der Waals surface area contributed by atoms with Gasteiger partial charge in [0.05, 0.1) is 0 Å². The van der Waals surface area contributed by atoms with E-state index in [9.17, 15) is 4.79 Å². The topological polar surface area (TPSA) is 29.5 Å². The van der Waals surface area contributed by atoms with Crippen LogP contribution in [-0.2, 0) is 4.79 Å². The van der Waals surface area contributed by atoms with Crippen molar-refractivity contribution in [2.24, 2.45) is 5.92 Å². The molecule has 1 unspecified atom stereocenters. The SMILES string of the molecule is C#CC1CC(=O)N(c2ccc(Oc3ccccc3)cc2)C1. The lowest BCUT2D eigenvalue weighted by atomic mass is 10.1. The minimum absolute atomic E-state index is 0.0118. The number of benzene rings is 2. The molecule has 3 heteroatoms. The molecule has 0 aromatic heterocycles. The normalized spacial score (nSPS) is 17.6. The first-order chi connectivity index (χ1) is 10.3. The summed E-state index contributed by atoms with van der Waals surface area (Å²) in [7, 11) is 0. The molecule has 1 atom stereocenters. The summed E-state index contributed by atoms with van der Waals surface area (Å²) in [5.74, 6) is 4.27. The van der Waals surface area contributed by atoms with Gasteiger partial charge in [-0.1, -0.05) is 18.2 Å². The Labute approximate surface area is 124 Å². The Bertz CT molecular complexity index is 671. The quantitative estimate of drug-likeness (QED) is 0.804. The molecule has 104 valence electrons. The van der Waals surface area contributed by atoms with Gasteiger partial charge in [0, 0.05) is 24.6 Å². The van der Waals surface area contributed by atoms with Crippen molar-refractivity contribution >= 4 is 11.6 Å². The molecule has 1 saturated heterocycles. The van der Waals surface area contributed by atoms with Gasteiger partial charge in [-0.15, -0.1) is 12.3 Å². The van der Waals surface area contributed by atoms with Gasteiger partial charge in [-0.2, -0.15) is 0 Å². The summed E-state index contributed by atoms with van der Waals surface area (Å²) in [4.78, 5) is 13.7. The monoisotopic (exact) mass is 277 g/mol. The first kappa shape index (κ1) is 13.3. The lowest BCUT2D eigenvalue weighted by Crippen LogP contribution is -2.24. The van der Waals surface area contributed by atoms with Crippen LogP contribution in [0.3, 0.4) is 0 Å². The minimum atomic E-state index is 0.0118. The summed E-state index contributed by atoms with van der Waals surface area (Å²) in [5, 5.41) is 0. The van der Waals surface area contributed by atoms with Crippen LogP contribution in [0.2, 0.25) is 0 Å². The van der Waals surface area contributed by atoms with Crippen molar-refractivity contribution in [3.05, 3.63) is 54.6 Å². The minimum Gasteiger partial charge on any atom is -0.457 e. The van der Waals surface area contributed by atoms with E-state index in [4.69, 9.17) is 11.2 Å². The number of para-hydroxylation sites is 1. The molecular weight excluding hydrogens is 262 g/mol. The van der Waals surface area contributed by atoms with Gasteiger partial charge in [0.2, 0.25) is 5.91 Å². The van der Waals surface area contributed by atoms with Crippen LogP contribution in [0.15, 0.2) is 54.6 Å². The Morgan fingerprint density at radius 1 is 1.05 bits per heavy atom. The number of hydrogen-bond acceptors (Lipinski definition) is 2. The van der Waals surface area contributed by atoms with Crippen molar-refractivity contribution in [1.82, 2.24) is 0 Å². The Morgan fingerprint density at radius 2 is 1.71 bits per heavy atom. The van der Waals surface area contributed by atoms with Crippen LogP contribution in [0.4, 0.5) is 5.69 Å². The van der Waals surface area contributed by atoms with E-state index in [0.29, 0.717) is 13.0 Å². The standard InChI is InChI=1S/C18H15NO2/c1-2-14-12-18(20)19(13-14)15-8-10-17(11-9-15)21-16-6-4-3-5-7-16/h1,3-11,14H,12-13H2. The molecule has 3 nitrogen and oxygen atoms in total. The summed E-state index contributed by atoms with van der Waals surface area (Å²) in [5.41, 5.74) is 0.859. The van der Waals surface area contributed by atoms with Crippen molar-refractivity contribution in [2.75, 3.05) is 11.4 Å². The zero-order valence-electron chi connectivity index (χ0n) is 11.5.